The van der Waals surface area contributed by atoms with Gasteiger partial charge in [0.25, 0.3) is 5.91 Å². The van der Waals surface area contributed by atoms with Gasteiger partial charge in [-0.1, -0.05) is 18.2 Å². The quantitative estimate of drug-likeness (QED) is 0.294. The molecule has 2 heterocycles. The first-order valence-electron chi connectivity index (χ1n) is 11.3. The molecule has 1 aliphatic carbocycles. The van der Waals surface area contributed by atoms with Crippen molar-refractivity contribution in [1.82, 2.24) is 4.57 Å². The van der Waals surface area contributed by atoms with Gasteiger partial charge in [-0.3, -0.25) is 4.79 Å². The Hall–Kier alpha value is -3.63. The molecule has 4 rings (SSSR count). The predicted octanol–water partition coefficient (Wildman–Crippen LogP) is 5.68. The van der Waals surface area contributed by atoms with Crippen LogP contribution in [0.25, 0.3) is 11.1 Å². The Morgan fingerprint density at radius 1 is 1.18 bits per heavy atom. The molecule has 0 radical (unpaired) electrons. The number of carbonyl (C=O) groups excluding carboxylic acids is 2. The maximum absolute atomic E-state index is 12.8. The molecular weight excluding hydrogens is 446 g/mol. The van der Waals surface area contributed by atoms with Gasteiger partial charge in [0.1, 0.15) is 16.6 Å². The maximum atomic E-state index is 12.8. The second kappa shape index (κ2) is 9.70. The number of rotatable bonds is 5. The van der Waals surface area contributed by atoms with Gasteiger partial charge in [0.2, 0.25) is 0 Å². The molecule has 174 valence electrons. The second-order valence-corrected chi connectivity index (χ2v) is 9.57. The van der Waals surface area contributed by atoms with E-state index in [1.54, 1.807) is 23.5 Å². The van der Waals surface area contributed by atoms with Gasteiger partial charge in [-0.2, -0.15) is 5.26 Å². The Morgan fingerprint density at radius 2 is 1.91 bits per heavy atom. The van der Waals surface area contributed by atoms with Crippen LogP contribution >= 0.6 is 11.3 Å². The zero-order valence-electron chi connectivity index (χ0n) is 19.8. The van der Waals surface area contributed by atoms with Gasteiger partial charge in [0.05, 0.1) is 12.7 Å². The topological polar surface area (TPSA) is 84.1 Å². The zero-order valence-corrected chi connectivity index (χ0v) is 20.6. The first kappa shape index (κ1) is 23.5. The molecule has 0 atom stereocenters. The van der Waals surface area contributed by atoms with E-state index in [1.165, 1.54) is 12.0 Å². The monoisotopic (exact) mass is 473 g/mol. The third kappa shape index (κ3) is 4.29. The molecule has 1 aromatic carbocycles. The Balaban J connectivity index is 1.75. The van der Waals surface area contributed by atoms with E-state index in [2.05, 4.69) is 5.32 Å². The third-order valence-corrected chi connectivity index (χ3v) is 7.55. The summed E-state index contributed by atoms with van der Waals surface area (Å²) in [6, 6.07) is 11.4. The molecule has 0 bridgehead atoms. The smallest absolute Gasteiger partial charge is 0.341 e. The summed E-state index contributed by atoms with van der Waals surface area (Å²) < 4.78 is 7.17. The van der Waals surface area contributed by atoms with Crippen molar-refractivity contribution in [3.05, 3.63) is 74.4 Å². The molecular formula is C27H27N3O3S. The number of amides is 1. The van der Waals surface area contributed by atoms with Crippen LogP contribution in [-0.2, 0) is 22.4 Å². The molecule has 6 nitrogen and oxygen atoms in total. The minimum absolute atomic E-state index is 0.0159. The third-order valence-electron chi connectivity index (χ3n) is 6.27. The number of methoxy groups -OCH3 is 1. The summed E-state index contributed by atoms with van der Waals surface area (Å²) in [5, 5.41) is 13.4. The van der Waals surface area contributed by atoms with Crippen LogP contribution in [0.15, 0.2) is 35.9 Å². The summed E-state index contributed by atoms with van der Waals surface area (Å²) in [7, 11) is 1.41. The molecule has 0 aliphatic heterocycles. The van der Waals surface area contributed by atoms with Crippen LogP contribution in [-0.4, -0.2) is 23.6 Å². The summed E-state index contributed by atoms with van der Waals surface area (Å²) >= 11 is 1.63. The first-order chi connectivity index (χ1) is 16.3. The lowest BCUT2D eigenvalue weighted by atomic mass is 9.95. The van der Waals surface area contributed by atoms with Gasteiger partial charge < -0.3 is 14.6 Å². The summed E-state index contributed by atoms with van der Waals surface area (Å²) in [5.41, 5.74) is 5.88. The lowest BCUT2D eigenvalue weighted by Crippen LogP contribution is -2.14. The van der Waals surface area contributed by atoms with Gasteiger partial charge in [-0.15, -0.1) is 11.3 Å². The molecule has 7 heteroatoms. The van der Waals surface area contributed by atoms with E-state index in [4.69, 9.17) is 4.74 Å². The number of carbonyl (C=O) groups is 2. The summed E-state index contributed by atoms with van der Waals surface area (Å²) in [5.74, 6) is -0.780. The predicted molar refractivity (Wildman–Crippen MR) is 135 cm³/mol. The second-order valence-electron chi connectivity index (χ2n) is 8.48. The lowest BCUT2D eigenvalue weighted by Gasteiger charge is -2.12. The van der Waals surface area contributed by atoms with Gasteiger partial charge in [0.15, 0.2) is 0 Å². The SMILES string of the molecule is COC(=O)c1c(-n2c(C)cc(/C=C(/C#N)C(=O)Nc3ccccc3C)c2C)sc2c1CCCC2. The lowest BCUT2D eigenvalue weighted by molar-refractivity contribution is -0.112. The van der Waals surface area contributed by atoms with E-state index in [1.807, 2.05) is 55.7 Å². The number of nitrogens with one attached hydrogen (secondary N) is 1. The molecule has 0 unspecified atom stereocenters. The van der Waals surface area contributed by atoms with Crippen LogP contribution in [0, 0.1) is 32.1 Å². The van der Waals surface area contributed by atoms with Crippen molar-refractivity contribution in [3.8, 4) is 11.1 Å². The van der Waals surface area contributed by atoms with Gasteiger partial charge in [-0.05, 0) is 81.4 Å². The van der Waals surface area contributed by atoms with Crippen molar-refractivity contribution in [2.45, 2.75) is 46.5 Å². The highest BCUT2D eigenvalue weighted by molar-refractivity contribution is 7.15. The molecule has 1 amide bonds. The van der Waals surface area contributed by atoms with Crippen molar-refractivity contribution < 1.29 is 14.3 Å². The van der Waals surface area contributed by atoms with E-state index in [-0.39, 0.29) is 11.5 Å². The maximum Gasteiger partial charge on any atom is 0.341 e. The normalized spacial score (nSPS) is 13.2. The molecule has 1 N–H and O–H groups in total. The number of hydrogen-bond acceptors (Lipinski definition) is 5. The van der Waals surface area contributed by atoms with Crippen LogP contribution < -0.4 is 5.32 Å². The molecule has 2 aromatic heterocycles. The van der Waals surface area contributed by atoms with E-state index >= 15 is 0 Å². The molecule has 0 spiro atoms. The number of esters is 1. The van der Waals surface area contributed by atoms with Crippen LogP contribution in [0.4, 0.5) is 5.69 Å². The van der Waals surface area contributed by atoms with Crippen LogP contribution in [0.1, 0.15) is 56.2 Å². The first-order valence-corrected chi connectivity index (χ1v) is 12.1. The van der Waals surface area contributed by atoms with E-state index in [9.17, 15) is 14.9 Å². The summed E-state index contributed by atoms with van der Waals surface area (Å²) in [6.45, 7) is 5.80. The van der Waals surface area contributed by atoms with Crippen molar-refractivity contribution in [1.29, 1.82) is 5.26 Å². The molecule has 0 fully saturated rings. The molecule has 1 aliphatic rings. The number of benzene rings is 1. The fourth-order valence-electron chi connectivity index (χ4n) is 4.47. The number of anilines is 1. The standard InChI is InChI=1S/C27H27N3O3S/c1-16-9-5-7-11-22(16)29-25(31)20(15-28)14-19-13-17(2)30(18(19)3)26-24(27(32)33-4)21-10-6-8-12-23(21)34-26/h5,7,9,11,13-14H,6,8,10,12H2,1-4H3,(H,29,31)/b20-14-. The van der Waals surface area contributed by atoms with Crippen molar-refractivity contribution in [3.63, 3.8) is 0 Å². The van der Waals surface area contributed by atoms with Crippen LogP contribution in [0.5, 0.6) is 0 Å². The van der Waals surface area contributed by atoms with Gasteiger partial charge >= 0.3 is 5.97 Å². The highest BCUT2D eigenvalue weighted by Crippen LogP contribution is 2.39. The number of para-hydroxylation sites is 1. The molecule has 0 saturated carbocycles. The fourth-order valence-corrected chi connectivity index (χ4v) is 5.96. The Bertz CT molecular complexity index is 1350. The number of thiophene rings is 1. The van der Waals surface area contributed by atoms with Crippen molar-refractivity contribution >= 4 is 35.0 Å². The van der Waals surface area contributed by atoms with Crippen LogP contribution in [0.3, 0.4) is 0 Å². The van der Waals surface area contributed by atoms with Gasteiger partial charge in [-0.25, -0.2) is 4.79 Å². The minimum Gasteiger partial charge on any atom is -0.465 e. The Kier molecular flexibility index (Phi) is 6.71. The largest absolute Gasteiger partial charge is 0.465 e. The number of ether oxygens (including phenoxy) is 1. The minimum atomic E-state index is -0.455. The average molecular weight is 474 g/mol. The number of nitrogens with zero attached hydrogens (tertiary/aromatic N) is 2. The molecule has 34 heavy (non-hydrogen) atoms. The zero-order chi connectivity index (χ0) is 24.4. The number of aryl methyl sites for hydroxylation is 3. The van der Waals surface area contributed by atoms with E-state index < -0.39 is 5.91 Å². The van der Waals surface area contributed by atoms with E-state index in [0.29, 0.717) is 11.3 Å². The fraction of sp³-hybridized carbons (Fsp3) is 0.296. The van der Waals surface area contributed by atoms with E-state index in [0.717, 1.165) is 58.8 Å². The Labute approximate surface area is 203 Å². The number of fused-ring (bicyclic) bond motifs is 1. The van der Waals surface area contributed by atoms with Crippen LogP contribution in [0.2, 0.25) is 0 Å². The van der Waals surface area contributed by atoms with Gasteiger partial charge in [0, 0.05) is 22.0 Å². The average Bonchev–Trinajstić information content (AvgIpc) is 3.34. The molecule has 0 saturated heterocycles. The Morgan fingerprint density at radius 3 is 2.62 bits per heavy atom. The number of aromatic nitrogens is 1. The highest BCUT2D eigenvalue weighted by atomic mass is 32.1. The molecule has 3 aromatic rings. The summed E-state index contributed by atoms with van der Waals surface area (Å²) in [4.78, 5) is 26.8. The number of nitriles is 1. The van der Waals surface area contributed by atoms with Crippen molar-refractivity contribution in [2.24, 2.45) is 0 Å². The number of hydrogen-bond donors (Lipinski definition) is 1. The van der Waals surface area contributed by atoms with Crippen molar-refractivity contribution in [2.75, 3.05) is 12.4 Å². The highest BCUT2D eigenvalue weighted by Gasteiger charge is 2.28. The summed E-state index contributed by atoms with van der Waals surface area (Å²) in [6.07, 6.45) is 5.63.